The molecule has 2 aliphatic rings. The van der Waals surface area contributed by atoms with E-state index in [1.54, 1.807) is 18.2 Å². The molecule has 2 heterocycles. The number of rotatable bonds is 6. The van der Waals surface area contributed by atoms with Gasteiger partial charge in [0.05, 0.1) is 0 Å². The first-order chi connectivity index (χ1) is 13.2. The van der Waals surface area contributed by atoms with Crippen molar-refractivity contribution in [2.75, 3.05) is 12.3 Å². The second-order valence-corrected chi connectivity index (χ2v) is 7.88. The van der Waals surface area contributed by atoms with E-state index in [1.165, 1.54) is 24.0 Å². The van der Waals surface area contributed by atoms with Crippen molar-refractivity contribution in [2.45, 2.75) is 24.3 Å². The number of nitrogens with zero attached hydrogens (tertiary/aromatic N) is 1. The number of nitrogens with one attached hydrogen (secondary N) is 1. The van der Waals surface area contributed by atoms with Crippen LogP contribution in [0.25, 0.3) is 0 Å². The molecular formula is C18H18N2O7S. The quantitative estimate of drug-likeness (QED) is 0.440. The molecule has 28 heavy (non-hydrogen) atoms. The molecule has 9 nitrogen and oxygen atoms in total. The molecule has 1 aromatic rings. The van der Waals surface area contributed by atoms with E-state index in [0.29, 0.717) is 0 Å². The van der Waals surface area contributed by atoms with Gasteiger partial charge >= 0.3 is 11.9 Å². The Morgan fingerprint density at radius 1 is 1.21 bits per heavy atom. The van der Waals surface area contributed by atoms with E-state index in [-0.39, 0.29) is 17.9 Å². The van der Waals surface area contributed by atoms with E-state index in [2.05, 4.69) is 5.32 Å². The van der Waals surface area contributed by atoms with Gasteiger partial charge in [0.25, 0.3) is 0 Å². The largest absolute Gasteiger partial charge is 0.480 e. The summed E-state index contributed by atoms with van der Waals surface area (Å²) in [6.07, 6.45) is 0. The lowest BCUT2D eigenvalue weighted by Gasteiger charge is -2.53. The number of hydrogen-bond donors (Lipinski definition) is 3. The van der Waals surface area contributed by atoms with Gasteiger partial charge in [0, 0.05) is 12.3 Å². The average molecular weight is 406 g/mol. The third-order valence-corrected chi connectivity index (χ3v) is 6.63. The molecule has 2 saturated heterocycles. The molecule has 3 rings (SSSR count). The molecule has 0 saturated carbocycles. The van der Waals surface area contributed by atoms with E-state index in [4.69, 9.17) is 0 Å². The fourth-order valence-electron chi connectivity index (χ4n) is 3.36. The molecule has 0 bridgehead atoms. The number of fused-ring (bicyclic) bond motifs is 1. The van der Waals surface area contributed by atoms with Gasteiger partial charge in [0.2, 0.25) is 11.8 Å². The summed E-state index contributed by atoms with van der Waals surface area (Å²) in [5, 5.41) is 20.8. The Morgan fingerprint density at radius 3 is 2.39 bits per heavy atom. The van der Waals surface area contributed by atoms with Gasteiger partial charge in [-0.05, 0) is 12.5 Å². The molecule has 0 radical (unpaired) electrons. The van der Waals surface area contributed by atoms with Crippen molar-refractivity contribution in [3.8, 4) is 0 Å². The standard InChI is InChI=1S/C18H18N2O7S/c1-9(21)18(17(26)27)7-20-14(23)12(15(20)28-8-18)19-13(22)11(16(24)25)10-5-3-2-4-6-10/h2-6,11-12,15H,7-8H2,1H3,(H,19,22)(H,24,25)(H,26,27)/t11?,12?,15-,18?/m1/s1. The molecular weight excluding hydrogens is 388 g/mol. The van der Waals surface area contributed by atoms with Crippen LogP contribution >= 0.6 is 11.8 Å². The van der Waals surface area contributed by atoms with Crippen LogP contribution in [-0.4, -0.2) is 68.4 Å². The van der Waals surface area contributed by atoms with Crippen LogP contribution in [0.2, 0.25) is 0 Å². The summed E-state index contributed by atoms with van der Waals surface area (Å²) in [7, 11) is 0. The maximum Gasteiger partial charge on any atom is 0.320 e. The van der Waals surface area contributed by atoms with Gasteiger partial charge < -0.3 is 20.4 Å². The van der Waals surface area contributed by atoms with Crippen LogP contribution in [0, 0.1) is 5.41 Å². The highest BCUT2D eigenvalue weighted by Crippen LogP contribution is 2.42. The Morgan fingerprint density at radius 2 is 1.86 bits per heavy atom. The molecule has 2 fully saturated rings. The van der Waals surface area contributed by atoms with E-state index in [9.17, 15) is 34.2 Å². The number of carboxylic acid groups (broad SMARTS) is 2. The summed E-state index contributed by atoms with van der Waals surface area (Å²) in [6, 6.07) is 6.98. The molecule has 3 unspecified atom stereocenters. The molecule has 1 aromatic carbocycles. The molecule has 3 N–H and O–H groups in total. The number of β-lactam (4-membered cyclic amide) rings is 1. The first-order valence-corrected chi connectivity index (χ1v) is 9.48. The highest BCUT2D eigenvalue weighted by atomic mass is 32.2. The number of carbonyl (C=O) groups is 5. The van der Waals surface area contributed by atoms with Crippen LogP contribution in [0.3, 0.4) is 0 Å². The number of carboxylic acids is 2. The molecule has 2 aliphatic heterocycles. The van der Waals surface area contributed by atoms with Crippen molar-refractivity contribution in [3.05, 3.63) is 35.9 Å². The molecule has 0 aliphatic carbocycles. The predicted molar refractivity (Wildman–Crippen MR) is 97.5 cm³/mol. The zero-order chi connectivity index (χ0) is 20.6. The van der Waals surface area contributed by atoms with Crippen LogP contribution in [0.1, 0.15) is 18.4 Å². The second-order valence-electron chi connectivity index (χ2n) is 6.78. The summed E-state index contributed by atoms with van der Waals surface area (Å²) in [5.41, 5.74) is -1.38. The molecule has 0 spiro atoms. The highest BCUT2D eigenvalue weighted by molar-refractivity contribution is 8.00. The lowest BCUT2D eigenvalue weighted by molar-refractivity contribution is -0.162. The number of benzene rings is 1. The van der Waals surface area contributed by atoms with E-state index in [0.717, 1.165) is 11.8 Å². The maximum atomic E-state index is 12.5. The molecule has 0 aromatic heterocycles. The molecule has 148 valence electrons. The average Bonchev–Trinajstić information content (AvgIpc) is 2.65. The summed E-state index contributed by atoms with van der Waals surface area (Å²) in [5.74, 6) is -6.02. The van der Waals surface area contributed by atoms with Gasteiger partial charge in [-0.15, -0.1) is 11.8 Å². The Balaban J connectivity index is 1.73. The van der Waals surface area contributed by atoms with Crippen molar-refractivity contribution in [2.24, 2.45) is 5.41 Å². The summed E-state index contributed by atoms with van der Waals surface area (Å²) in [6.45, 7) is 0.914. The van der Waals surface area contributed by atoms with E-state index >= 15 is 0 Å². The van der Waals surface area contributed by atoms with Crippen LogP contribution in [-0.2, 0) is 24.0 Å². The topological polar surface area (TPSA) is 141 Å². The SMILES string of the molecule is CC(=O)C1(C(=O)O)CS[C@@H]2C(NC(=O)C(C(=O)O)c3ccccc3)C(=O)N2C1. The van der Waals surface area contributed by atoms with E-state index < -0.39 is 52.3 Å². The molecule has 2 amide bonds. The fourth-order valence-corrected chi connectivity index (χ4v) is 4.96. The monoisotopic (exact) mass is 406 g/mol. The lowest BCUT2D eigenvalue weighted by atomic mass is 9.83. The third kappa shape index (κ3) is 3.13. The number of ketones is 1. The van der Waals surface area contributed by atoms with Gasteiger partial charge in [-0.25, -0.2) is 0 Å². The van der Waals surface area contributed by atoms with Crippen molar-refractivity contribution < 1.29 is 34.2 Å². The number of thioether (sulfide) groups is 1. The Bertz CT molecular complexity index is 843. The minimum absolute atomic E-state index is 0.0282. The zero-order valence-electron chi connectivity index (χ0n) is 14.8. The summed E-state index contributed by atoms with van der Waals surface area (Å²) >= 11 is 1.09. The maximum absolute atomic E-state index is 12.5. The second kappa shape index (κ2) is 7.27. The number of aliphatic carboxylic acids is 2. The first kappa shape index (κ1) is 19.9. The zero-order valence-corrected chi connectivity index (χ0v) is 15.6. The van der Waals surface area contributed by atoms with Crippen LogP contribution in [0.5, 0.6) is 0 Å². The first-order valence-electron chi connectivity index (χ1n) is 8.43. The fraction of sp³-hybridized carbons (Fsp3) is 0.389. The van der Waals surface area contributed by atoms with Crippen molar-refractivity contribution in [1.29, 1.82) is 0 Å². The summed E-state index contributed by atoms with van der Waals surface area (Å²) < 4.78 is 0. The summed E-state index contributed by atoms with van der Waals surface area (Å²) in [4.78, 5) is 61.2. The molecule has 10 heteroatoms. The van der Waals surface area contributed by atoms with Gasteiger partial charge in [0.1, 0.15) is 17.2 Å². The lowest BCUT2D eigenvalue weighted by Crippen LogP contribution is -2.74. The Hall–Kier alpha value is -2.88. The van der Waals surface area contributed by atoms with Gasteiger partial charge in [-0.1, -0.05) is 30.3 Å². The minimum atomic E-state index is -1.67. The minimum Gasteiger partial charge on any atom is -0.480 e. The van der Waals surface area contributed by atoms with Crippen molar-refractivity contribution >= 4 is 41.3 Å². The Kier molecular flexibility index (Phi) is 5.16. The highest BCUT2D eigenvalue weighted by Gasteiger charge is 2.59. The predicted octanol–water partition coefficient (Wildman–Crippen LogP) is -0.0853. The number of Topliss-reactive ketones (excluding diaryl/α,β-unsaturated/α-hetero) is 1. The van der Waals surface area contributed by atoms with E-state index in [1.807, 2.05) is 0 Å². The number of hydrogen-bond acceptors (Lipinski definition) is 6. The van der Waals surface area contributed by atoms with Gasteiger partial charge in [0.15, 0.2) is 11.3 Å². The van der Waals surface area contributed by atoms with Crippen LogP contribution < -0.4 is 5.32 Å². The van der Waals surface area contributed by atoms with Crippen LogP contribution in [0.4, 0.5) is 0 Å². The normalized spacial score (nSPS) is 27.2. The number of amides is 2. The van der Waals surface area contributed by atoms with Crippen molar-refractivity contribution in [3.63, 3.8) is 0 Å². The van der Waals surface area contributed by atoms with Gasteiger partial charge in [-0.2, -0.15) is 0 Å². The van der Waals surface area contributed by atoms with Crippen molar-refractivity contribution in [1.82, 2.24) is 10.2 Å². The van der Waals surface area contributed by atoms with Gasteiger partial charge in [-0.3, -0.25) is 24.0 Å². The van der Waals surface area contributed by atoms with Crippen LogP contribution in [0.15, 0.2) is 30.3 Å². The third-order valence-electron chi connectivity index (χ3n) is 5.11. The Labute approximate surface area is 164 Å². The number of carbonyl (C=O) groups excluding carboxylic acids is 3. The smallest absolute Gasteiger partial charge is 0.320 e. The molecule has 4 atom stereocenters.